The van der Waals surface area contributed by atoms with Gasteiger partial charge in [-0.1, -0.05) is 18.2 Å². The lowest BCUT2D eigenvalue weighted by molar-refractivity contribution is -0.118. The molecule has 140 valence electrons. The van der Waals surface area contributed by atoms with Crippen molar-refractivity contribution in [2.24, 2.45) is 7.05 Å². The van der Waals surface area contributed by atoms with E-state index in [-0.39, 0.29) is 12.5 Å². The van der Waals surface area contributed by atoms with E-state index in [4.69, 9.17) is 4.74 Å². The van der Waals surface area contributed by atoms with Gasteiger partial charge in [-0.05, 0) is 59.2 Å². The van der Waals surface area contributed by atoms with Crippen LogP contribution in [0.4, 0.5) is 5.82 Å². The highest BCUT2D eigenvalue weighted by molar-refractivity contribution is 5.91. The molecule has 28 heavy (non-hydrogen) atoms. The van der Waals surface area contributed by atoms with Gasteiger partial charge in [0.05, 0.1) is 0 Å². The molecule has 0 aliphatic rings. The highest BCUT2D eigenvalue weighted by Gasteiger charge is 2.07. The molecule has 1 N–H and O–H groups in total. The maximum absolute atomic E-state index is 12.0. The SMILES string of the molecule is Cc1cc(-c2ccc3cc(OCC(=O)Nc4ccn(C)n4)ccc3c2)ccn1. The Labute approximate surface area is 162 Å². The van der Waals surface area contributed by atoms with Gasteiger partial charge in [0.1, 0.15) is 5.75 Å². The van der Waals surface area contributed by atoms with Crippen molar-refractivity contribution in [3.05, 3.63) is 72.7 Å². The minimum Gasteiger partial charge on any atom is -0.484 e. The van der Waals surface area contributed by atoms with Crippen molar-refractivity contribution >= 4 is 22.5 Å². The van der Waals surface area contributed by atoms with Crippen LogP contribution in [0.1, 0.15) is 5.69 Å². The van der Waals surface area contributed by atoms with Crippen LogP contribution in [0.15, 0.2) is 67.0 Å². The number of fused-ring (bicyclic) bond motifs is 1. The van der Waals surface area contributed by atoms with Crippen LogP contribution in [-0.4, -0.2) is 27.3 Å². The number of nitrogens with zero attached hydrogens (tertiary/aromatic N) is 3. The summed E-state index contributed by atoms with van der Waals surface area (Å²) in [6, 6.07) is 17.9. The summed E-state index contributed by atoms with van der Waals surface area (Å²) in [5.74, 6) is 0.909. The zero-order valence-corrected chi connectivity index (χ0v) is 15.7. The fourth-order valence-corrected chi connectivity index (χ4v) is 3.03. The van der Waals surface area contributed by atoms with Crippen molar-refractivity contribution in [2.75, 3.05) is 11.9 Å². The molecular formula is C22H20N4O2. The van der Waals surface area contributed by atoms with Gasteiger partial charge in [-0.2, -0.15) is 5.10 Å². The first-order valence-corrected chi connectivity index (χ1v) is 8.96. The fraction of sp³-hybridized carbons (Fsp3) is 0.136. The molecule has 4 aromatic rings. The molecule has 6 heteroatoms. The first kappa shape index (κ1) is 17.7. The molecule has 0 bridgehead atoms. The molecule has 0 aliphatic heterocycles. The van der Waals surface area contributed by atoms with Crippen molar-refractivity contribution in [2.45, 2.75) is 6.92 Å². The Morgan fingerprint density at radius 1 is 1.04 bits per heavy atom. The number of aryl methyl sites for hydroxylation is 2. The number of anilines is 1. The summed E-state index contributed by atoms with van der Waals surface area (Å²) in [6.07, 6.45) is 3.59. The standard InChI is InChI=1S/C22H20N4O2/c1-15-11-19(7-9-23-15)16-3-4-18-13-20(6-5-17(18)12-16)28-14-22(27)24-21-8-10-26(2)25-21/h3-13H,14H2,1-2H3,(H,24,25,27). The average Bonchev–Trinajstić information content (AvgIpc) is 3.10. The summed E-state index contributed by atoms with van der Waals surface area (Å²) in [6.45, 7) is 1.91. The minimum atomic E-state index is -0.248. The molecule has 0 unspecified atom stereocenters. The Morgan fingerprint density at radius 2 is 1.82 bits per heavy atom. The van der Waals surface area contributed by atoms with E-state index in [2.05, 4.69) is 39.7 Å². The summed E-state index contributed by atoms with van der Waals surface area (Å²) >= 11 is 0. The van der Waals surface area contributed by atoms with E-state index in [9.17, 15) is 4.79 Å². The highest BCUT2D eigenvalue weighted by atomic mass is 16.5. The average molecular weight is 372 g/mol. The zero-order valence-electron chi connectivity index (χ0n) is 15.7. The van der Waals surface area contributed by atoms with Crippen molar-refractivity contribution in [1.82, 2.24) is 14.8 Å². The van der Waals surface area contributed by atoms with Crippen LogP contribution >= 0.6 is 0 Å². The smallest absolute Gasteiger partial charge is 0.263 e. The molecule has 1 amide bonds. The molecular weight excluding hydrogens is 352 g/mol. The van der Waals surface area contributed by atoms with Crippen molar-refractivity contribution in [3.63, 3.8) is 0 Å². The molecule has 4 rings (SSSR count). The Kier molecular flexibility index (Phi) is 4.76. The number of amides is 1. The molecule has 0 saturated carbocycles. The zero-order chi connectivity index (χ0) is 19.5. The Balaban J connectivity index is 1.46. The molecule has 2 aromatic heterocycles. The quantitative estimate of drug-likeness (QED) is 0.576. The molecule has 2 heterocycles. The normalized spacial score (nSPS) is 10.8. The van der Waals surface area contributed by atoms with Crippen LogP contribution in [0.5, 0.6) is 5.75 Å². The second-order valence-electron chi connectivity index (χ2n) is 6.62. The number of carbonyl (C=O) groups is 1. The summed E-state index contributed by atoms with van der Waals surface area (Å²) in [5, 5.41) is 8.97. The summed E-state index contributed by atoms with van der Waals surface area (Å²) in [7, 11) is 1.79. The van der Waals surface area contributed by atoms with Crippen molar-refractivity contribution in [1.29, 1.82) is 0 Å². The van der Waals surface area contributed by atoms with Crippen LogP contribution in [0.2, 0.25) is 0 Å². The van der Waals surface area contributed by atoms with Crippen LogP contribution in [0.3, 0.4) is 0 Å². The number of benzene rings is 2. The largest absolute Gasteiger partial charge is 0.484 e. The van der Waals surface area contributed by atoms with E-state index >= 15 is 0 Å². The van der Waals surface area contributed by atoms with Gasteiger partial charge in [-0.15, -0.1) is 0 Å². The number of aromatic nitrogens is 3. The van der Waals surface area contributed by atoms with Crippen molar-refractivity contribution in [3.8, 4) is 16.9 Å². The van der Waals surface area contributed by atoms with Crippen molar-refractivity contribution < 1.29 is 9.53 Å². The van der Waals surface area contributed by atoms with Crippen LogP contribution in [0.25, 0.3) is 21.9 Å². The number of hydrogen-bond acceptors (Lipinski definition) is 4. The van der Waals surface area contributed by atoms with E-state index in [1.807, 2.05) is 37.4 Å². The molecule has 0 saturated heterocycles. The molecule has 0 aliphatic carbocycles. The maximum Gasteiger partial charge on any atom is 0.263 e. The summed E-state index contributed by atoms with van der Waals surface area (Å²) in [5.41, 5.74) is 3.27. The monoisotopic (exact) mass is 372 g/mol. The predicted molar refractivity (Wildman–Crippen MR) is 109 cm³/mol. The lowest BCUT2D eigenvalue weighted by atomic mass is 10.0. The number of nitrogens with one attached hydrogen (secondary N) is 1. The molecule has 0 spiro atoms. The van der Waals surface area contributed by atoms with E-state index in [1.54, 1.807) is 24.0 Å². The fourth-order valence-electron chi connectivity index (χ4n) is 3.03. The number of carbonyl (C=O) groups excluding carboxylic acids is 1. The van der Waals surface area contributed by atoms with Gasteiger partial charge in [-0.3, -0.25) is 14.5 Å². The molecule has 6 nitrogen and oxygen atoms in total. The maximum atomic E-state index is 12.0. The van der Waals surface area contributed by atoms with Gasteiger partial charge in [0.2, 0.25) is 0 Å². The van der Waals surface area contributed by atoms with E-state index in [0.29, 0.717) is 11.6 Å². The van der Waals surface area contributed by atoms with Gasteiger partial charge in [0, 0.05) is 31.2 Å². The number of ether oxygens (including phenoxy) is 1. The Bertz CT molecular complexity index is 1150. The van der Waals surface area contributed by atoms with Gasteiger partial charge < -0.3 is 10.1 Å². The second-order valence-corrected chi connectivity index (χ2v) is 6.62. The lowest BCUT2D eigenvalue weighted by Crippen LogP contribution is -2.20. The third-order valence-electron chi connectivity index (χ3n) is 4.39. The second kappa shape index (κ2) is 7.52. The number of rotatable bonds is 5. The van der Waals surface area contributed by atoms with E-state index in [0.717, 1.165) is 27.6 Å². The molecule has 0 atom stereocenters. The van der Waals surface area contributed by atoms with Gasteiger partial charge in [-0.25, -0.2) is 0 Å². The third-order valence-corrected chi connectivity index (χ3v) is 4.39. The first-order chi connectivity index (χ1) is 13.6. The summed E-state index contributed by atoms with van der Waals surface area (Å²) < 4.78 is 7.26. The first-order valence-electron chi connectivity index (χ1n) is 8.96. The molecule has 0 fully saturated rings. The van der Waals surface area contributed by atoms with E-state index < -0.39 is 0 Å². The lowest BCUT2D eigenvalue weighted by Gasteiger charge is -2.09. The molecule has 2 aromatic carbocycles. The van der Waals surface area contributed by atoms with Crippen LogP contribution in [-0.2, 0) is 11.8 Å². The third kappa shape index (κ3) is 4.01. The van der Waals surface area contributed by atoms with Crippen LogP contribution in [0, 0.1) is 6.92 Å². The summed E-state index contributed by atoms with van der Waals surface area (Å²) in [4.78, 5) is 16.2. The Morgan fingerprint density at radius 3 is 2.61 bits per heavy atom. The molecule has 0 radical (unpaired) electrons. The van der Waals surface area contributed by atoms with Gasteiger partial charge in [0.15, 0.2) is 12.4 Å². The topological polar surface area (TPSA) is 69.0 Å². The van der Waals surface area contributed by atoms with E-state index in [1.165, 1.54) is 0 Å². The highest BCUT2D eigenvalue weighted by Crippen LogP contribution is 2.27. The predicted octanol–water partition coefficient (Wildman–Crippen LogP) is 3.96. The van der Waals surface area contributed by atoms with Gasteiger partial charge in [0.25, 0.3) is 5.91 Å². The van der Waals surface area contributed by atoms with Crippen LogP contribution < -0.4 is 10.1 Å². The number of hydrogen-bond donors (Lipinski definition) is 1. The van der Waals surface area contributed by atoms with Gasteiger partial charge >= 0.3 is 0 Å². The minimum absolute atomic E-state index is 0.0730. The Hall–Kier alpha value is -3.67. The number of pyridine rings is 1.